The minimum atomic E-state index is -3.50. The van der Waals surface area contributed by atoms with Crippen LogP contribution in [0.25, 0.3) is 0 Å². The summed E-state index contributed by atoms with van der Waals surface area (Å²) < 4.78 is 41.2. The van der Waals surface area contributed by atoms with E-state index in [0.29, 0.717) is 49.6 Å². The second kappa shape index (κ2) is 8.25. The monoisotopic (exact) mass is 447 g/mol. The van der Waals surface area contributed by atoms with Crippen molar-refractivity contribution in [1.29, 1.82) is 0 Å². The third kappa shape index (κ3) is 4.19. The maximum atomic E-state index is 13.7. The van der Waals surface area contributed by atoms with Crippen LogP contribution in [0, 0.1) is 12.7 Å². The average Bonchev–Trinajstić information content (AvgIpc) is 3.21. The fraction of sp³-hybridized carbons (Fsp3) is 0.476. The fourth-order valence-electron chi connectivity index (χ4n) is 4.15. The number of rotatable bonds is 5. The van der Waals surface area contributed by atoms with Gasteiger partial charge in [-0.05, 0) is 37.5 Å². The highest BCUT2D eigenvalue weighted by Gasteiger charge is 2.36. The number of aryl methyl sites for hydroxylation is 1. The van der Waals surface area contributed by atoms with Crippen molar-refractivity contribution in [3.05, 3.63) is 52.7 Å². The second-order valence-corrected chi connectivity index (χ2v) is 10.4. The molecule has 0 N–H and O–H groups in total. The maximum absolute atomic E-state index is 13.7. The number of fused-ring (bicyclic) bond motifs is 1. The molecule has 0 saturated carbocycles. The number of anilines is 1. The topological polar surface area (TPSA) is 86.7 Å². The second-order valence-electron chi connectivity index (χ2n) is 8.21. The molecule has 2 aromatic rings. The van der Waals surface area contributed by atoms with Gasteiger partial charge in [-0.2, -0.15) is 17.0 Å². The minimum absolute atomic E-state index is 0.0657. The molecule has 0 aliphatic carbocycles. The Morgan fingerprint density at radius 3 is 2.71 bits per heavy atom. The fourth-order valence-corrected chi connectivity index (χ4v) is 5.31. The first-order valence-electron chi connectivity index (χ1n) is 10.3. The maximum Gasteiger partial charge on any atom is 0.281 e. The van der Waals surface area contributed by atoms with E-state index in [9.17, 15) is 17.6 Å². The first-order valence-corrected chi connectivity index (χ1v) is 11.7. The Morgan fingerprint density at radius 1 is 1.23 bits per heavy atom. The summed E-state index contributed by atoms with van der Waals surface area (Å²) in [5.74, 6) is 0.536. The Morgan fingerprint density at radius 2 is 2.00 bits per heavy atom. The number of carbonyl (C=O) groups is 1. The molecule has 0 spiro atoms. The molecule has 31 heavy (non-hydrogen) atoms. The molecule has 0 radical (unpaired) electrons. The molecule has 166 valence electrons. The van der Waals surface area contributed by atoms with E-state index in [4.69, 9.17) is 4.98 Å². The number of halogens is 1. The number of hydrogen-bond donors (Lipinski definition) is 0. The van der Waals surface area contributed by atoms with E-state index in [2.05, 4.69) is 4.98 Å². The van der Waals surface area contributed by atoms with Crippen LogP contribution in [0.4, 0.5) is 10.2 Å². The molecule has 2 aliphatic heterocycles. The van der Waals surface area contributed by atoms with Gasteiger partial charge in [-0.3, -0.25) is 9.69 Å². The molecule has 1 aromatic carbocycles. The summed E-state index contributed by atoms with van der Waals surface area (Å²) in [6.07, 6.45) is 1.53. The summed E-state index contributed by atoms with van der Waals surface area (Å²) in [4.78, 5) is 23.7. The Hall–Kier alpha value is -2.43. The molecular weight excluding hydrogens is 421 g/mol. The third-order valence-corrected chi connectivity index (χ3v) is 7.80. The van der Waals surface area contributed by atoms with Crippen molar-refractivity contribution >= 4 is 21.9 Å². The van der Waals surface area contributed by atoms with E-state index in [-0.39, 0.29) is 24.2 Å². The van der Waals surface area contributed by atoms with Crippen molar-refractivity contribution in [3.8, 4) is 0 Å². The van der Waals surface area contributed by atoms with Crippen LogP contribution in [0.1, 0.15) is 41.4 Å². The lowest BCUT2D eigenvalue weighted by Gasteiger charge is -2.30. The van der Waals surface area contributed by atoms with Gasteiger partial charge in [0.25, 0.3) is 10.2 Å². The van der Waals surface area contributed by atoms with Gasteiger partial charge in [-0.25, -0.2) is 14.4 Å². The molecule has 10 heteroatoms. The van der Waals surface area contributed by atoms with Gasteiger partial charge in [0, 0.05) is 50.8 Å². The van der Waals surface area contributed by atoms with Crippen molar-refractivity contribution < 1.29 is 17.6 Å². The van der Waals surface area contributed by atoms with Crippen molar-refractivity contribution in [2.75, 3.05) is 32.1 Å². The number of amides is 1. The van der Waals surface area contributed by atoms with Crippen molar-refractivity contribution in [2.45, 2.75) is 38.6 Å². The molecule has 4 rings (SSSR count). The van der Waals surface area contributed by atoms with Gasteiger partial charge >= 0.3 is 0 Å². The molecule has 1 fully saturated rings. The van der Waals surface area contributed by atoms with E-state index in [1.807, 2.05) is 6.92 Å². The first-order chi connectivity index (χ1) is 14.7. The van der Waals surface area contributed by atoms with E-state index in [1.54, 1.807) is 17.0 Å². The minimum Gasteiger partial charge on any atom is -0.292 e. The highest BCUT2D eigenvalue weighted by molar-refractivity contribution is 7.86. The average molecular weight is 448 g/mol. The van der Waals surface area contributed by atoms with E-state index >= 15 is 0 Å². The molecule has 8 nitrogen and oxygen atoms in total. The van der Waals surface area contributed by atoms with Crippen molar-refractivity contribution in [2.24, 2.45) is 0 Å². The van der Waals surface area contributed by atoms with Crippen LogP contribution >= 0.6 is 0 Å². The predicted octanol–water partition coefficient (Wildman–Crippen LogP) is 2.00. The highest BCUT2D eigenvalue weighted by Crippen LogP contribution is 2.33. The molecule has 1 aromatic heterocycles. The lowest BCUT2D eigenvalue weighted by Crippen LogP contribution is -2.38. The zero-order chi connectivity index (χ0) is 22.3. The van der Waals surface area contributed by atoms with E-state index in [1.165, 1.54) is 34.8 Å². The molecule has 2 aliphatic rings. The number of aromatic nitrogens is 2. The Bertz CT molecular complexity index is 1120. The van der Waals surface area contributed by atoms with Crippen LogP contribution in [0.2, 0.25) is 0 Å². The van der Waals surface area contributed by atoms with Crippen molar-refractivity contribution in [3.63, 3.8) is 0 Å². The molecule has 1 atom stereocenters. The van der Waals surface area contributed by atoms with Crippen LogP contribution in [-0.4, -0.2) is 60.1 Å². The van der Waals surface area contributed by atoms with E-state index in [0.717, 1.165) is 11.3 Å². The molecule has 0 unspecified atom stereocenters. The van der Waals surface area contributed by atoms with Gasteiger partial charge in [-0.1, -0.05) is 12.1 Å². The van der Waals surface area contributed by atoms with Gasteiger partial charge in [0.15, 0.2) is 0 Å². The van der Waals surface area contributed by atoms with Crippen LogP contribution in [0.15, 0.2) is 24.3 Å². The van der Waals surface area contributed by atoms with Crippen LogP contribution in [0.3, 0.4) is 0 Å². The number of benzene rings is 1. The molecule has 1 amide bonds. The van der Waals surface area contributed by atoms with Crippen LogP contribution in [-0.2, 0) is 28.0 Å². The lowest BCUT2D eigenvalue weighted by atomic mass is 10.0. The lowest BCUT2D eigenvalue weighted by molar-refractivity contribution is -0.119. The molecule has 1 saturated heterocycles. The Kier molecular flexibility index (Phi) is 5.80. The SMILES string of the molecule is Cc1nc([C@@H]2CCN(S(=O)(=O)N(C)C)C2)nc2c1CCC(=O)N2Cc1cccc(F)c1. The van der Waals surface area contributed by atoms with Crippen LogP contribution < -0.4 is 4.90 Å². The molecule has 0 bridgehead atoms. The standard InChI is InChI=1S/C21H26FN5O3S/c1-14-18-7-8-19(28)27(12-15-5-4-6-17(22)11-15)21(18)24-20(23-14)16-9-10-26(13-16)31(29,30)25(2)3/h4-6,11,16H,7-10,12-13H2,1-3H3/t16-/m1/s1. The number of nitrogens with zero attached hydrogens (tertiary/aromatic N) is 5. The van der Waals surface area contributed by atoms with Gasteiger partial charge in [0.2, 0.25) is 5.91 Å². The Labute approximate surface area is 181 Å². The summed E-state index contributed by atoms with van der Waals surface area (Å²) >= 11 is 0. The number of hydrogen-bond acceptors (Lipinski definition) is 5. The summed E-state index contributed by atoms with van der Waals surface area (Å²) in [6, 6.07) is 6.18. The molecular formula is C21H26FN5O3S. The third-order valence-electron chi connectivity index (χ3n) is 5.89. The van der Waals surface area contributed by atoms with Gasteiger partial charge in [0.05, 0.1) is 6.54 Å². The Balaban J connectivity index is 1.65. The van der Waals surface area contributed by atoms with Gasteiger partial charge in [0.1, 0.15) is 17.5 Å². The van der Waals surface area contributed by atoms with Gasteiger partial charge in [-0.15, -0.1) is 0 Å². The number of carbonyl (C=O) groups excluding carboxylic acids is 1. The largest absolute Gasteiger partial charge is 0.292 e. The first kappa shape index (κ1) is 21.8. The summed E-state index contributed by atoms with van der Waals surface area (Å²) in [5, 5.41) is 0. The molecule has 3 heterocycles. The quantitative estimate of drug-likeness (QED) is 0.700. The zero-order valence-corrected chi connectivity index (χ0v) is 18.7. The van der Waals surface area contributed by atoms with Crippen LogP contribution in [0.5, 0.6) is 0 Å². The summed E-state index contributed by atoms with van der Waals surface area (Å²) in [7, 11) is -0.474. The van der Waals surface area contributed by atoms with Crippen molar-refractivity contribution in [1.82, 2.24) is 18.6 Å². The summed E-state index contributed by atoms with van der Waals surface area (Å²) in [5.41, 5.74) is 2.39. The zero-order valence-electron chi connectivity index (χ0n) is 17.9. The normalized spacial score (nSPS) is 19.8. The van der Waals surface area contributed by atoms with Gasteiger partial charge < -0.3 is 0 Å². The van der Waals surface area contributed by atoms with E-state index < -0.39 is 10.2 Å². The predicted molar refractivity (Wildman–Crippen MR) is 114 cm³/mol. The summed E-state index contributed by atoms with van der Waals surface area (Å²) in [6.45, 7) is 2.82. The smallest absolute Gasteiger partial charge is 0.281 e. The highest BCUT2D eigenvalue weighted by atomic mass is 32.2.